The molecule has 124 valence electrons. The van der Waals surface area contributed by atoms with Gasteiger partial charge in [-0.1, -0.05) is 0 Å². The van der Waals surface area contributed by atoms with Crippen LogP contribution in [0.2, 0.25) is 0 Å². The van der Waals surface area contributed by atoms with Crippen molar-refractivity contribution >= 4 is 36.0 Å². The van der Waals surface area contributed by atoms with Crippen LogP contribution < -0.4 is 10.2 Å². The number of imide groups is 1. The Morgan fingerprint density at radius 1 is 1.17 bits per heavy atom. The molecular formula is C15H18ClN3O4. The molecule has 1 aromatic carbocycles. The largest absolute Gasteiger partial charge is 0.478 e. The van der Waals surface area contributed by atoms with E-state index >= 15 is 0 Å². The van der Waals surface area contributed by atoms with Gasteiger partial charge < -0.3 is 10.4 Å². The Morgan fingerprint density at radius 3 is 2.26 bits per heavy atom. The van der Waals surface area contributed by atoms with E-state index in [9.17, 15) is 14.4 Å². The summed E-state index contributed by atoms with van der Waals surface area (Å²) in [5, 5.41) is 12.2. The Hall–Kier alpha value is -2.12. The van der Waals surface area contributed by atoms with Crippen molar-refractivity contribution in [3.8, 4) is 0 Å². The molecule has 7 nitrogen and oxygen atoms in total. The molecule has 1 spiro atoms. The minimum Gasteiger partial charge on any atom is -0.478 e. The molecule has 0 aliphatic carbocycles. The zero-order chi connectivity index (χ0) is 15.9. The predicted molar refractivity (Wildman–Crippen MR) is 86.1 cm³/mol. The zero-order valence-corrected chi connectivity index (χ0v) is 13.4. The number of carboxylic acid groups (broad SMARTS) is 1. The van der Waals surface area contributed by atoms with Crippen molar-refractivity contribution in [3.63, 3.8) is 0 Å². The number of nitrogens with zero attached hydrogens (tertiary/aromatic N) is 2. The molecule has 0 bridgehead atoms. The normalized spacial score (nSPS) is 19.9. The van der Waals surface area contributed by atoms with Crippen LogP contribution >= 0.6 is 12.4 Å². The first-order valence-corrected chi connectivity index (χ1v) is 7.14. The van der Waals surface area contributed by atoms with Gasteiger partial charge in [-0.2, -0.15) is 0 Å². The van der Waals surface area contributed by atoms with Gasteiger partial charge in [0.25, 0.3) is 5.91 Å². The van der Waals surface area contributed by atoms with Crippen molar-refractivity contribution in [2.24, 2.45) is 0 Å². The fourth-order valence-corrected chi connectivity index (χ4v) is 3.22. The number of rotatable bonds is 2. The zero-order valence-electron chi connectivity index (χ0n) is 12.6. The molecule has 1 aromatic rings. The maximum Gasteiger partial charge on any atom is 0.335 e. The molecular weight excluding hydrogens is 322 g/mol. The standard InChI is InChI=1S/C15H17N3O4.ClH/c1-17-13(21)15(6-8-16-9-7-15)18(14(17)22)11-4-2-10(3-5-11)12(19)20;/h2-5,16H,6-9H2,1H3,(H,19,20);1H. The lowest BCUT2D eigenvalue weighted by Crippen LogP contribution is -2.56. The molecule has 3 amide bonds. The summed E-state index contributed by atoms with van der Waals surface area (Å²) in [7, 11) is 1.49. The van der Waals surface area contributed by atoms with Crippen LogP contribution in [0.4, 0.5) is 10.5 Å². The summed E-state index contributed by atoms with van der Waals surface area (Å²) in [5.41, 5.74) is -0.161. The summed E-state index contributed by atoms with van der Waals surface area (Å²) in [6.07, 6.45) is 1.09. The Balaban J connectivity index is 0.00000192. The lowest BCUT2D eigenvalue weighted by molar-refractivity contribution is -0.130. The Kier molecular flexibility index (Phi) is 4.63. The lowest BCUT2D eigenvalue weighted by atomic mass is 9.86. The molecule has 0 atom stereocenters. The van der Waals surface area contributed by atoms with Gasteiger partial charge in [0.15, 0.2) is 0 Å². The molecule has 0 unspecified atom stereocenters. The van der Waals surface area contributed by atoms with Crippen molar-refractivity contribution in [2.75, 3.05) is 25.0 Å². The molecule has 0 aromatic heterocycles. The van der Waals surface area contributed by atoms with Gasteiger partial charge in [-0.05, 0) is 50.2 Å². The SMILES string of the molecule is CN1C(=O)N(c2ccc(C(=O)O)cc2)C2(CCNCC2)C1=O.Cl. The van der Waals surface area contributed by atoms with E-state index in [1.54, 1.807) is 12.1 Å². The van der Waals surface area contributed by atoms with E-state index in [0.717, 1.165) is 4.90 Å². The van der Waals surface area contributed by atoms with Crippen LogP contribution in [0, 0.1) is 0 Å². The number of anilines is 1. The number of amides is 3. The van der Waals surface area contributed by atoms with Gasteiger partial charge in [-0.15, -0.1) is 12.4 Å². The maximum absolute atomic E-state index is 12.6. The van der Waals surface area contributed by atoms with Crippen molar-refractivity contribution in [1.29, 1.82) is 0 Å². The van der Waals surface area contributed by atoms with Gasteiger partial charge >= 0.3 is 12.0 Å². The third-order valence-electron chi connectivity index (χ3n) is 4.41. The Morgan fingerprint density at radius 2 is 1.74 bits per heavy atom. The quantitative estimate of drug-likeness (QED) is 0.793. The monoisotopic (exact) mass is 339 g/mol. The molecule has 0 radical (unpaired) electrons. The molecule has 2 heterocycles. The topological polar surface area (TPSA) is 90.0 Å². The molecule has 3 rings (SSSR count). The first-order chi connectivity index (χ1) is 10.5. The second-order valence-corrected chi connectivity index (χ2v) is 5.62. The first kappa shape index (κ1) is 17.2. The highest BCUT2D eigenvalue weighted by atomic mass is 35.5. The fraction of sp³-hybridized carbons (Fsp3) is 0.400. The third kappa shape index (κ3) is 2.55. The van der Waals surface area contributed by atoms with Crippen LogP contribution in [0.15, 0.2) is 24.3 Å². The number of hydrogen-bond acceptors (Lipinski definition) is 4. The summed E-state index contributed by atoms with van der Waals surface area (Å²) in [6, 6.07) is 5.69. The van der Waals surface area contributed by atoms with E-state index in [1.807, 2.05) is 0 Å². The highest BCUT2D eigenvalue weighted by Crippen LogP contribution is 2.38. The molecule has 2 fully saturated rings. The third-order valence-corrected chi connectivity index (χ3v) is 4.41. The predicted octanol–water partition coefficient (Wildman–Crippen LogP) is 1.33. The summed E-state index contributed by atoms with van der Waals surface area (Å²) in [6.45, 7) is 1.33. The summed E-state index contributed by atoms with van der Waals surface area (Å²) < 4.78 is 0. The number of urea groups is 1. The van der Waals surface area contributed by atoms with Crippen molar-refractivity contribution < 1.29 is 19.5 Å². The lowest BCUT2D eigenvalue weighted by Gasteiger charge is -2.38. The number of hydrogen-bond donors (Lipinski definition) is 2. The molecule has 2 aliphatic rings. The number of carbonyl (C=O) groups is 3. The van der Waals surface area contributed by atoms with Gasteiger partial charge in [0.2, 0.25) is 0 Å². The fourth-order valence-electron chi connectivity index (χ4n) is 3.22. The number of piperidine rings is 1. The van der Waals surface area contributed by atoms with Gasteiger partial charge in [0.1, 0.15) is 5.54 Å². The number of nitrogens with one attached hydrogen (secondary N) is 1. The van der Waals surface area contributed by atoms with Crippen molar-refractivity contribution in [3.05, 3.63) is 29.8 Å². The van der Waals surface area contributed by atoms with Crippen LogP contribution in [0.1, 0.15) is 23.2 Å². The summed E-state index contributed by atoms with van der Waals surface area (Å²) >= 11 is 0. The number of carboxylic acids is 1. The highest BCUT2D eigenvalue weighted by Gasteiger charge is 2.56. The van der Waals surface area contributed by atoms with E-state index in [-0.39, 0.29) is 29.9 Å². The number of likely N-dealkylation sites (N-methyl/N-ethyl adjacent to an activating group) is 1. The molecule has 0 saturated carbocycles. The Bertz CT molecular complexity index is 641. The van der Waals surface area contributed by atoms with Crippen LogP contribution in [-0.4, -0.2) is 53.6 Å². The molecule has 2 N–H and O–H groups in total. The average Bonchev–Trinajstić information content (AvgIpc) is 2.70. The van der Waals surface area contributed by atoms with Crippen LogP contribution in [0.3, 0.4) is 0 Å². The van der Waals surface area contributed by atoms with E-state index in [2.05, 4.69) is 5.32 Å². The van der Waals surface area contributed by atoms with Crippen molar-refractivity contribution in [2.45, 2.75) is 18.4 Å². The molecule has 23 heavy (non-hydrogen) atoms. The van der Waals surface area contributed by atoms with Crippen LogP contribution in [0.25, 0.3) is 0 Å². The average molecular weight is 340 g/mol. The number of halogens is 1. The van der Waals surface area contributed by atoms with E-state index in [0.29, 0.717) is 31.6 Å². The maximum atomic E-state index is 12.6. The molecule has 8 heteroatoms. The molecule has 2 aliphatic heterocycles. The number of carbonyl (C=O) groups excluding carboxylic acids is 2. The highest BCUT2D eigenvalue weighted by molar-refractivity contribution is 6.16. The van der Waals surface area contributed by atoms with Gasteiger partial charge in [-0.25, -0.2) is 9.59 Å². The van der Waals surface area contributed by atoms with Gasteiger partial charge in [0, 0.05) is 12.7 Å². The van der Waals surface area contributed by atoms with Crippen LogP contribution in [-0.2, 0) is 4.79 Å². The van der Waals surface area contributed by atoms with Crippen molar-refractivity contribution in [1.82, 2.24) is 10.2 Å². The van der Waals surface area contributed by atoms with Gasteiger partial charge in [-0.3, -0.25) is 14.6 Å². The summed E-state index contributed by atoms with van der Waals surface area (Å²) in [5.74, 6) is -1.22. The van der Waals surface area contributed by atoms with E-state index < -0.39 is 11.5 Å². The van der Waals surface area contributed by atoms with Gasteiger partial charge in [0.05, 0.1) is 5.56 Å². The van der Waals surface area contributed by atoms with E-state index in [1.165, 1.54) is 24.1 Å². The Labute approximate surface area is 139 Å². The second-order valence-electron chi connectivity index (χ2n) is 5.62. The smallest absolute Gasteiger partial charge is 0.335 e. The number of benzene rings is 1. The first-order valence-electron chi connectivity index (χ1n) is 7.14. The summed E-state index contributed by atoms with van der Waals surface area (Å²) in [4.78, 5) is 38.7. The minimum absolute atomic E-state index is 0. The minimum atomic E-state index is -1.02. The van der Waals surface area contributed by atoms with Crippen LogP contribution in [0.5, 0.6) is 0 Å². The van der Waals surface area contributed by atoms with E-state index in [4.69, 9.17) is 5.11 Å². The molecule has 2 saturated heterocycles. The second kappa shape index (κ2) is 6.17. The number of aromatic carboxylic acids is 1.